The van der Waals surface area contributed by atoms with E-state index in [4.69, 9.17) is 10.1 Å². The van der Waals surface area contributed by atoms with Crippen molar-refractivity contribution in [3.63, 3.8) is 0 Å². The number of methoxy groups -OCH3 is 1. The van der Waals surface area contributed by atoms with Crippen LogP contribution in [0.3, 0.4) is 0 Å². The average Bonchev–Trinajstić information content (AvgIpc) is 3.37. The Hall–Kier alpha value is -3.91. The quantitative estimate of drug-likeness (QED) is 0.540. The van der Waals surface area contributed by atoms with Crippen molar-refractivity contribution in [2.45, 2.75) is 20.8 Å². The molecule has 0 bridgehead atoms. The lowest BCUT2D eigenvalue weighted by Crippen LogP contribution is -2.35. The number of aryl methyl sites for hydroxylation is 2. The highest BCUT2D eigenvalue weighted by Crippen LogP contribution is 2.32. The Labute approximate surface area is 202 Å². The third-order valence-electron chi connectivity index (χ3n) is 5.93. The summed E-state index contributed by atoms with van der Waals surface area (Å²) in [4.78, 5) is 17.1. The molecule has 3 aromatic rings. The zero-order valence-corrected chi connectivity index (χ0v) is 20.1. The van der Waals surface area contributed by atoms with Gasteiger partial charge in [0.25, 0.3) is 5.91 Å². The van der Waals surface area contributed by atoms with E-state index in [1.807, 2.05) is 75.4 Å². The monoisotopic (exact) mass is 469 g/mol. The number of thioether (sulfide) groups is 1. The fourth-order valence-electron chi connectivity index (χ4n) is 4.13. The number of nitrogens with zero attached hydrogens (tertiary/aromatic N) is 4. The van der Waals surface area contributed by atoms with Crippen LogP contribution < -0.4 is 4.74 Å². The van der Waals surface area contributed by atoms with Crippen LogP contribution in [0.1, 0.15) is 28.1 Å². The van der Waals surface area contributed by atoms with Gasteiger partial charge in [-0.05, 0) is 80.1 Å². The highest BCUT2D eigenvalue weighted by atomic mass is 32.2. The van der Waals surface area contributed by atoms with Gasteiger partial charge >= 0.3 is 0 Å². The van der Waals surface area contributed by atoms with E-state index < -0.39 is 5.91 Å². The molecule has 5 rings (SSSR count). The number of fused-ring (bicyclic) bond motifs is 1. The lowest BCUT2D eigenvalue weighted by atomic mass is 10.1. The Morgan fingerprint density at radius 3 is 2.50 bits per heavy atom. The number of aromatic nitrogens is 1. The van der Waals surface area contributed by atoms with Gasteiger partial charge < -0.3 is 9.30 Å². The van der Waals surface area contributed by atoms with E-state index in [2.05, 4.69) is 14.7 Å². The van der Waals surface area contributed by atoms with Gasteiger partial charge in [-0.2, -0.15) is 15.1 Å². The number of benzene rings is 2. The van der Waals surface area contributed by atoms with E-state index in [-0.39, 0.29) is 11.4 Å². The van der Waals surface area contributed by atoms with Crippen LogP contribution in [0.25, 0.3) is 11.8 Å². The molecule has 1 N–H and O–H groups in total. The van der Waals surface area contributed by atoms with Crippen molar-refractivity contribution in [2.24, 2.45) is 10.1 Å². The SMILES string of the molecule is COc1ccc(-n2c(C)cc(C=C3C(=N)N4N=C(c5ccccc5C)SC4=NC3=O)c2C)cc1. The maximum absolute atomic E-state index is 12.9. The zero-order chi connectivity index (χ0) is 24.0. The Kier molecular flexibility index (Phi) is 5.45. The summed E-state index contributed by atoms with van der Waals surface area (Å²) < 4.78 is 7.37. The molecular weight excluding hydrogens is 446 g/mol. The Balaban J connectivity index is 1.50. The van der Waals surface area contributed by atoms with Crippen LogP contribution in [-0.2, 0) is 4.79 Å². The molecule has 0 saturated carbocycles. The van der Waals surface area contributed by atoms with E-state index in [1.54, 1.807) is 13.2 Å². The molecule has 0 unspecified atom stereocenters. The lowest BCUT2D eigenvalue weighted by molar-refractivity contribution is -0.114. The third kappa shape index (κ3) is 3.66. The first kappa shape index (κ1) is 21.9. The highest BCUT2D eigenvalue weighted by molar-refractivity contribution is 8.27. The molecule has 3 heterocycles. The molecular formula is C26H23N5O2S. The minimum atomic E-state index is -0.431. The van der Waals surface area contributed by atoms with Crippen LogP contribution in [0.15, 0.2) is 70.3 Å². The first-order chi connectivity index (χ1) is 16.4. The molecule has 1 amide bonds. The first-order valence-electron chi connectivity index (χ1n) is 10.8. The van der Waals surface area contributed by atoms with Crippen molar-refractivity contribution in [1.29, 1.82) is 5.41 Å². The second-order valence-electron chi connectivity index (χ2n) is 8.10. The summed E-state index contributed by atoms with van der Waals surface area (Å²) in [6, 6.07) is 17.7. The maximum Gasteiger partial charge on any atom is 0.283 e. The fraction of sp³-hybridized carbons (Fsp3) is 0.154. The number of hydrazone groups is 1. The molecule has 0 saturated heterocycles. The van der Waals surface area contributed by atoms with E-state index in [1.165, 1.54) is 16.8 Å². The molecule has 0 fully saturated rings. The molecule has 34 heavy (non-hydrogen) atoms. The number of hydrogen-bond donors (Lipinski definition) is 1. The summed E-state index contributed by atoms with van der Waals surface area (Å²) >= 11 is 1.31. The number of aliphatic imine (C=N–C) groups is 1. The number of nitrogens with one attached hydrogen (secondary N) is 1. The van der Waals surface area contributed by atoms with Crippen molar-refractivity contribution in [3.05, 3.63) is 88.2 Å². The maximum atomic E-state index is 12.9. The minimum absolute atomic E-state index is 0.0281. The summed E-state index contributed by atoms with van der Waals surface area (Å²) in [5.74, 6) is 0.386. The number of amidine groups is 2. The van der Waals surface area contributed by atoms with Gasteiger partial charge in [0.05, 0.1) is 12.7 Å². The van der Waals surface area contributed by atoms with Gasteiger partial charge in [0.2, 0.25) is 5.17 Å². The van der Waals surface area contributed by atoms with Crippen LogP contribution in [-0.4, -0.2) is 38.6 Å². The van der Waals surface area contributed by atoms with E-state index in [0.717, 1.165) is 44.6 Å². The number of carbonyl (C=O) groups is 1. The average molecular weight is 470 g/mol. The van der Waals surface area contributed by atoms with Crippen LogP contribution in [0.5, 0.6) is 5.75 Å². The van der Waals surface area contributed by atoms with Gasteiger partial charge in [0.15, 0.2) is 5.84 Å². The second-order valence-corrected chi connectivity index (χ2v) is 9.06. The van der Waals surface area contributed by atoms with Crippen LogP contribution in [0.4, 0.5) is 0 Å². The molecule has 2 aliphatic heterocycles. The Morgan fingerprint density at radius 2 is 1.79 bits per heavy atom. The topological polar surface area (TPSA) is 83.0 Å². The molecule has 7 nitrogen and oxygen atoms in total. The summed E-state index contributed by atoms with van der Waals surface area (Å²) in [7, 11) is 1.64. The molecule has 2 aromatic carbocycles. The molecule has 0 atom stereocenters. The van der Waals surface area contributed by atoms with Crippen LogP contribution in [0.2, 0.25) is 0 Å². The number of ether oxygens (including phenoxy) is 1. The normalized spacial score (nSPS) is 16.6. The molecule has 0 spiro atoms. The Morgan fingerprint density at radius 1 is 1.06 bits per heavy atom. The third-order valence-corrected chi connectivity index (χ3v) is 6.87. The van der Waals surface area contributed by atoms with Crippen LogP contribution in [0, 0.1) is 26.2 Å². The van der Waals surface area contributed by atoms with Crippen molar-refractivity contribution in [1.82, 2.24) is 9.58 Å². The smallest absolute Gasteiger partial charge is 0.283 e. The molecule has 1 aromatic heterocycles. The molecule has 2 aliphatic rings. The zero-order valence-electron chi connectivity index (χ0n) is 19.3. The predicted octanol–water partition coefficient (Wildman–Crippen LogP) is 5.08. The Bertz CT molecular complexity index is 1430. The van der Waals surface area contributed by atoms with E-state index >= 15 is 0 Å². The van der Waals surface area contributed by atoms with Gasteiger partial charge in [-0.15, -0.1) is 0 Å². The number of amides is 1. The van der Waals surface area contributed by atoms with E-state index in [9.17, 15) is 4.79 Å². The summed E-state index contributed by atoms with van der Waals surface area (Å²) in [6.07, 6.45) is 1.74. The number of hydrogen-bond acceptors (Lipinski definition) is 5. The van der Waals surface area contributed by atoms with Crippen molar-refractivity contribution in [2.75, 3.05) is 7.11 Å². The first-order valence-corrected chi connectivity index (χ1v) is 11.6. The van der Waals surface area contributed by atoms with Crippen molar-refractivity contribution in [3.8, 4) is 11.4 Å². The number of rotatable bonds is 4. The minimum Gasteiger partial charge on any atom is -0.497 e. The molecule has 8 heteroatoms. The summed E-state index contributed by atoms with van der Waals surface area (Å²) in [6.45, 7) is 6.02. The fourth-order valence-corrected chi connectivity index (χ4v) is 5.11. The largest absolute Gasteiger partial charge is 0.497 e. The van der Waals surface area contributed by atoms with Gasteiger partial charge in [-0.3, -0.25) is 10.2 Å². The van der Waals surface area contributed by atoms with Crippen LogP contribution >= 0.6 is 11.8 Å². The lowest BCUT2D eigenvalue weighted by Gasteiger charge is -2.20. The summed E-state index contributed by atoms with van der Waals surface area (Å²) in [5, 5.41) is 15.9. The molecule has 170 valence electrons. The highest BCUT2D eigenvalue weighted by Gasteiger charge is 2.36. The van der Waals surface area contributed by atoms with Gasteiger partial charge in [0.1, 0.15) is 10.8 Å². The van der Waals surface area contributed by atoms with Crippen molar-refractivity contribution >= 4 is 39.8 Å². The second kappa shape index (κ2) is 8.46. The van der Waals surface area contributed by atoms with Gasteiger partial charge in [-0.1, -0.05) is 24.3 Å². The van der Waals surface area contributed by atoms with Crippen molar-refractivity contribution < 1.29 is 9.53 Å². The standard InChI is InChI=1S/C26H23N5O2S/c1-15-7-5-6-8-21(15)25-29-31-23(27)22(24(32)28-26(31)34-25)14-18-13-16(2)30(17(18)3)19-9-11-20(33-4)12-10-19/h5-14,27H,1-4H3. The van der Waals surface area contributed by atoms with Gasteiger partial charge in [0, 0.05) is 22.6 Å². The molecule has 0 aliphatic carbocycles. The molecule has 0 radical (unpaired) electrons. The van der Waals surface area contributed by atoms with Gasteiger partial charge in [-0.25, -0.2) is 0 Å². The number of carbonyl (C=O) groups excluding carboxylic acids is 1. The summed E-state index contributed by atoms with van der Waals surface area (Å²) in [5.41, 5.74) is 6.10. The van der Waals surface area contributed by atoms with E-state index in [0.29, 0.717) is 5.17 Å². The predicted molar refractivity (Wildman–Crippen MR) is 137 cm³/mol.